The Balaban J connectivity index is 1.72. The minimum absolute atomic E-state index is 0.235. The summed E-state index contributed by atoms with van der Waals surface area (Å²) < 4.78 is 0. The van der Waals surface area contributed by atoms with E-state index >= 15 is 0 Å². The maximum Gasteiger partial charge on any atom is 0.173 e. The van der Waals surface area contributed by atoms with Gasteiger partial charge in [-0.05, 0) is 24.3 Å². The number of nitrogens with zero attached hydrogens (tertiary/aromatic N) is 1. The first-order valence-electron chi connectivity index (χ1n) is 7.32. The quantitative estimate of drug-likeness (QED) is 0.776. The second-order valence-corrected chi connectivity index (χ2v) is 6.69. The lowest BCUT2D eigenvalue weighted by atomic mass is 10.0. The van der Waals surface area contributed by atoms with Gasteiger partial charge in [-0.15, -0.1) is 0 Å². The number of aromatic nitrogens is 1. The Morgan fingerprint density at radius 2 is 2.05 bits per heavy atom. The molecule has 0 radical (unpaired) electrons. The van der Waals surface area contributed by atoms with Crippen LogP contribution in [0.1, 0.15) is 42.5 Å². The van der Waals surface area contributed by atoms with Crippen LogP contribution in [0.2, 0.25) is 0 Å². The van der Waals surface area contributed by atoms with Crippen molar-refractivity contribution < 1.29 is 4.79 Å². The van der Waals surface area contributed by atoms with E-state index in [-0.39, 0.29) is 5.78 Å². The minimum Gasteiger partial charge on any atom is -0.293 e. The maximum absolute atomic E-state index is 12.5. The lowest BCUT2D eigenvalue weighted by molar-refractivity contribution is 0.102. The molecule has 1 heterocycles. The number of carbonyl (C=O) groups is 1. The fourth-order valence-electron chi connectivity index (χ4n) is 2.86. The van der Waals surface area contributed by atoms with E-state index in [1.807, 2.05) is 36.0 Å². The number of hydrogen-bond donors (Lipinski definition) is 0. The van der Waals surface area contributed by atoms with Crippen molar-refractivity contribution in [1.82, 2.24) is 4.98 Å². The molecule has 2 aromatic rings. The zero-order valence-electron chi connectivity index (χ0n) is 11.5. The van der Waals surface area contributed by atoms with Crippen LogP contribution in [-0.2, 0) is 0 Å². The van der Waals surface area contributed by atoms with Gasteiger partial charge in [-0.1, -0.05) is 37.5 Å². The molecule has 0 bridgehead atoms. The first-order chi connectivity index (χ1) is 9.84. The van der Waals surface area contributed by atoms with Crippen molar-refractivity contribution in [3.05, 3.63) is 42.2 Å². The van der Waals surface area contributed by atoms with Crippen LogP contribution in [0.3, 0.4) is 0 Å². The fourth-order valence-corrected chi connectivity index (χ4v) is 4.07. The molecule has 1 aliphatic carbocycles. The number of hydrogen-bond acceptors (Lipinski definition) is 3. The Kier molecular flexibility index (Phi) is 4.36. The molecule has 1 fully saturated rings. The number of carbonyl (C=O) groups excluding carboxylic acids is 1. The molecule has 0 saturated heterocycles. The van der Waals surface area contributed by atoms with Gasteiger partial charge in [0.1, 0.15) is 0 Å². The number of pyridine rings is 1. The normalized spacial score (nSPS) is 16.4. The van der Waals surface area contributed by atoms with Gasteiger partial charge in [0.25, 0.3) is 0 Å². The first-order valence-corrected chi connectivity index (χ1v) is 8.37. The molecule has 104 valence electrons. The van der Waals surface area contributed by atoms with E-state index in [9.17, 15) is 4.79 Å². The van der Waals surface area contributed by atoms with Gasteiger partial charge >= 0.3 is 0 Å². The topological polar surface area (TPSA) is 30.0 Å². The Hall–Kier alpha value is -1.35. The predicted octanol–water partition coefficient (Wildman–Crippen LogP) is 4.48. The zero-order chi connectivity index (χ0) is 13.8. The molecule has 1 aromatic heterocycles. The second kappa shape index (κ2) is 6.40. The number of fused-ring (bicyclic) bond motifs is 1. The van der Waals surface area contributed by atoms with Crippen LogP contribution in [0.25, 0.3) is 10.8 Å². The van der Waals surface area contributed by atoms with E-state index in [0.29, 0.717) is 11.0 Å². The van der Waals surface area contributed by atoms with Gasteiger partial charge in [0.15, 0.2) is 5.78 Å². The average molecular weight is 285 g/mol. The summed E-state index contributed by atoms with van der Waals surface area (Å²) in [7, 11) is 0. The summed E-state index contributed by atoms with van der Waals surface area (Å²) in [4.78, 5) is 16.6. The van der Waals surface area contributed by atoms with E-state index in [1.165, 1.54) is 32.1 Å². The molecule has 0 aliphatic heterocycles. The Labute approximate surface area is 124 Å². The molecule has 0 spiro atoms. The van der Waals surface area contributed by atoms with Gasteiger partial charge in [0.05, 0.1) is 5.75 Å². The molecule has 2 nitrogen and oxygen atoms in total. The highest BCUT2D eigenvalue weighted by atomic mass is 32.2. The highest BCUT2D eigenvalue weighted by Gasteiger charge is 2.17. The lowest BCUT2D eigenvalue weighted by Crippen LogP contribution is -2.12. The monoisotopic (exact) mass is 285 g/mol. The fraction of sp³-hybridized carbons (Fsp3) is 0.412. The molecule has 3 rings (SSSR count). The molecule has 0 atom stereocenters. The van der Waals surface area contributed by atoms with Crippen LogP contribution in [0.5, 0.6) is 0 Å². The molecular weight excluding hydrogens is 266 g/mol. The van der Waals surface area contributed by atoms with Crippen LogP contribution in [0.15, 0.2) is 36.7 Å². The van der Waals surface area contributed by atoms with Crippen LogP contribution in [-0.4, -0.2) is 21.8 Å². The average Bonchev–Trinajstić information content (AvgIpc) is 2.53. The van der Waals surface area contributed by atoms with E-state index < -0.39 is 0 Å². The SMILES string of the molecule is O=C(CSC1CCCCC1)c1cccc2ccncc12. The molecule has 0 amide bonds. The third-order valence-electron chi connectivity index (χ3n) is 3.99. The predicted molar refractivity (Wildman–Crippen MR) is 85.4 cm³/mol. The summed E-state index contributed by atoms with van der Waals surface area (Å²) in [5, 5.41) is 2.75. The highest BCUT2D eigenvalue weighted by Crippen LogP contribution is 2.29. The molecule has 3 heteroatoms. The molecule has 1 saturated carbocycles. The van der Waals surface area contributed by atoms with Gasteiger partial charge < -0.3 is 0 Å². The summed E-state index contributed by atoms with van der Waals surface area (Å²) in [6, 6.07) is 7.87. The molecule has 20 heavy (non-hydrogen) atoms. The van der Waals surface area contributed by atoms with Crippen molar-refractivity contribution in [2.75, 3.05) is 5.75 Å². The number of rotatable bonds is 4. The van der Waals surface area contributed by atoms with Crippen molar-refractivity contribution in [3.8, 4) is 0 Å². The van der Waals surface area contributed by atoms with Gasteiger partial charge in [0, 0.05) is 28.6 Å². The van der Waals surface area contributed by atoms with Gasteiger partial charge in [-0.25, -0.2) is 0 Å². The van der Waals surface area contributed by atoms with Crippen LogP contribution in [0, 0.1) is 0 Å². The molecular formula is C17H19NOS. The van der Waals surface area contributed by atoms with Gasteiger partial charge in [-0.2, -0.15) is 11.8 Å². The van der Waals surface area contributed by atoms with Crippen molar-refractivity contribution in [2.45, 2.75) is 37.4 Å². The summed E-state index contributed by atoms with van der Waals surface area (Å²) in [6.07, 6.45) is 10.1. The smallest absolute Gasteiger partial charge is 0.173 e. The largest absolute Gasteiger partial charge is 0.293 e. The highest BCUT2D eigenvalue weighted by molar-refractivity contribution is 8.00. The van der Waals surface area contributed by atoms with Crippen LogP contribution >= 0.6 is 11.8 Å². The van der Waals surface area contributed by atoms with E-state index in [2.05, 4.69) is 4.98 Å². The van der Waals surface area contributed by atoms with Crippen molar-refractivity contribution >= 4 is 28.3 Å². The van der Waals surface area contributed by atoms with E-state index in [4.69, 9.17) is 0 Å². The summed E-state index contributed by atoms with van der Waals surface area (Å²) >= 11 is 1.84. The summed E-state index contributed by atoms with van der Waals surface area (Å²) in [6.45, 7) is 0. The number of Topliss-reactive ketones (excluding diaryl/α,β-unsaturated/α-hetero) is 1. The Morgan fingerprint density at radius 3 is 2.90 bits per heavy atom. The van der Waals surface area contributed by atoms with E-state index in [1.54, 1.807) is 12.4 Å². The number of thioether (sulfide) groups is 1. The summed E-state index contributed by atoms with van der Waals surface area (Å²) in [5.74, 6) is 0.831. The lowest BCUT2D eigenvalue weighted by Gasteiger charge is -2.20. The molecule has 0 N–H and O–H groups in total. The zero-order valence-corrected chi connectivity index (χ0v) is 12.4. The van der Waals surface area contributed by atoms with Crippen molar-refractivity contribution in [1.29, 1.82) is 0 Å². The second-order valence-electron chi connectivity index (χ2n) is 5.40. The van der Waals surface area contributed by atoms with E-state index in [0.717, 1.165) is 16.3 Å². The standard InChI is InChI=1S/C17H19NOS/c19-17(12-20-14-6-2-1-3-7-14)15-8-4-5-13-9-10-18-11-16(13)15/h4-5,8-11,14H,1-3,6-7,12H2. The van der Waals surface area contributed by atoms with Gasteiger partial charge in [-0.3, -0.25) is 9.78 Å². The molecule has 1 aliphatic rings. The number of benzene rings is 1. The van der Waals surface area contributed by atoms with Crippen LogP contribution < -0.4 is 0 Å². The third-order valence-corrected chi connectivity index (χ3v) is 5.36. The van der Waals surface area contributed by atoms with Crippen molar-refractivity contribution in [3.63, 3.8) is 0 Å². The third kappa shape index (κ3) is 3.04. The van der Waals surface area contributed by atoms with Gasteiger partial charge in [0.2, 0.25) is 0 Å². The number of ketones is 1. The van der Waals surface area contributed by atoms with Crippen molar-refractivity contribution in [2.24, 2.45) is 0 Å². The molecule has 0 unspecified atom stereocenters. The Bertz CT molecular complexity index is 599. The Morgan fingerprint density at radius 1 is 1.20 bits per heavy atom. The van der Waals surface area contributed by atoms with Crippen LogP contribution in [0.4, 0.5) is 0 Å². The first kappa shape index (κ1) is 13.6. The molecule has 1 aromatic carbocycles. The minimum atomic E-state index is 0.235. The summed E-state index contributed by atoms with van der Waals surface area (Å²) in [5.41, 5.74) is 0.818. The maximum atomic E-state index is 12.5.